The van der Waals surface area contributed by atoms with Gasteiger partial charge in [-0.2, -0.15) is 0 Å². The summed E-state index contributed by atoms with van der Waals surface area (Å²) in [5, 5.41) is 10.5. The molecule has 3 fully saturated rings. The maximum absolute atomic E-state index is 10.5. The zero-order valence-corrected chi connectivity index (χ0v) is 20.7. The Morgan fingerprint density at radius 3 is 2.43 bits per heavy atom. The third-order valence-electron chi connectivity index (χ3n) is 11.2. The molecule has 1 N–H and O–H groups in total. The van der Waals surface area contributed by atoms with Gasteiger partial charge in [0, 0.05) is 0 Å². The van der Waals surface area contributed by atoms with Gasteiger partial charge in [-0.05, 0) is 117 Å². The Morgan fingerprint density at radius 2 is 1.73 bits per heavy atom. The lowest BCUT2D eigenvalue weighted by molar-refractivity contribution is -0.0773. The highest BCUT2D eigenvalue weighted by molar-refractivity contribution is 5.28. The summed E-state index contributed by atoms with van der Waals surface area (Å²) in [5.74, 6) is 5.12. The monoisotopic (exact) mass is 412 g/mol. The van der Waals surface area contributed by atoms with Gasteiger partial charge < -0.3 is 5.11 Å². The van der Waals surface area contributed by atoms with E-state index in [0.29, 0.717) is 28.6 Å². The van der Waals surface area contributed by atoms with Crippen LogP contribution in [0.4, 0.5) is 0 Å². The fraction of sp³-hybridized carbons (Fsp3) is 0.862. The Hall–Kier alpha value is -0.560. The number of aliphatic hydroxyl groups is 1. The van der Waals surface area contributed by atoms with Crippen molar-refractivity contribution in [3.05, 3.63) is 23.8 Å². The molecule has 4 rings (SSSR count). The van der Waals surface area contributed by atoms with Crippen LogP contribution in [0.3, 0.4) is 0 Å². The van der Waals surface area contributed by atoms with E-state index >= 15 is 0 Å². The predicted molar refractivity (Wildman–Crippen MR) is 128 cm³/mol. The van der Waals surface area contributed by atoms with Gasteiger partial charge in [0.25, 0.3) is 0 Å². The first kappa shape index (κ1) is 22.6. The van der Waals surface area contributed by atoms with Crippen LogP contribution in [0.15, 0.2) is 23.8 Å². The second-order valence-electron chi connectivity index (χ2n) is 12.7. The molecule has 30 heavy (non-hydrogen) atoms. The molecule has 0 saturated heterocycles. The van der Waals surface area contributed by atoms with E-state index in [-0.39, 0.29) is 6.10 Å². The molecular weight excluding hydrogens is 364 g/mol. The summed E-state index contributed by atoms with van der Waals surface area (Å²) in [6.45, 7) is 18.8. The summed E-state index contributed by atoms with van der Waals surface area (Å²) >= 11 is 0. The van der Waals surface area contributed by atoms with Crippen LogP contribution in [0.1, 0.15) is 99.3 Å². The molecular formula is C29H48O. The van der Waals surface area contributed by atoms with Gasteiger partial charge in [0.1, 0.15) is 0 Å². The normalized spacial score (nSPS) is 47.5. The van der Waals surface area contributed by atoms with E-state index in [9.17, 15) is 5.11 Å². The molecule has 3 saturated carbocycles. The molecule has 4 aliphatic carbocycles. The van der Waals surface area contributed by atoms with Gasteiger partial charge in [0.15, 0.2) is 0 Å². The minimum absolute atomic E-state index is 0.0785. The van der Waals surface area contributed by atoms with Crippen LogP contribution < -0.4 is 0 Å². The number of allylic oxidation sites excluding steroid dienone is 3. The van der Waals surface area contributed by atoms with Crippen molar-refractivity contribution >= 4 is 0 Å². The summed E-state index contributed by atoms with van der Waals surface area (Å²) in [5.41, 5.74) is 4.14. The molecule has 0 aromatic rings. The third kappa shape index (κ3) is 3.46. The predicted octanol–water partition coefficient (Wildman–Crippen LogP) is 7.80. The Balaban J connectivity index is 1.52. The van der Waals surface area contributed by atoms with Gasteiger partial charge in [0.2, 0.25) is 0 Å². The van der Waals surface area contributed by atoms with Gasteiger partial charge in [-0.25, -0.2) is 0 Å². The lowest BCUT2D eigenvalue weighted by atomic mass is 9.46. The maximum atomic E-state index is 10.5. The van der Waals surface area contributed by atoms with Crippen LogP contribution in [0, 0.1) is 52.3 Å². The summed E-state index contributed by atoms with van der Waals surface area (Å²) in [6.07, 6.45) is 14.4. The average Bonchev–Trinajstić information content (AvgIpc) is 3.06. The topological polar surface area (TPSA) is 20.2 Å². The minimum Gasteiger partial charge on any atom is -0.393 e. The van der Waals surface area contributed by atoms with E-state index in [1.165, 1.54) is 56.9 Å². The first-order valence-electron chi connectivity index (χ1n) is 13.1. The van der Waals surface area contributed by atoms with E-state index < -0.39 is 0 Å². The van der Waals surface area contributed by atoms with Crippen molar-refractivity contribution in [2.24, 2.45) is 52.3 Å². The highest BCUT2D eigenvalue weighted by atomic mass is 16.3. The Morgan fingerprint density at radius 1 is 1.07 bits per heavy atom. The maximum Gasteiger partial charge on any atom is 0.0568 e. The number of hydrogen-bond donors (Lipinski definition) is 1. The summed E-state index contributed by atoms with van der Waals surface area (Å²) < 4.78 is 0. The van der Waals surface area contributed by atoms with E-state index in [0.717, 1.165) is 30.1 Å². The first-order chi connectivity index (χ1) is 14.1. The number of hydrogen-bond acceptors (Lipinski definition) is 1. The molecule has 0 bridgehead atoms. The van der Waals surface area contributed by atoms with E-state index in [1.807, 2.05) is 5.57 Å². The summed E-state index contributed by atoms with van der Waals surface area (Å²) in [4.78, 5) is 0. The van der Waals surface area contributed by atoms with Crippen LogP contribution in [-0.2, 0) is 0 Å². The van der Waals surface area contributed by atoms with Crippen molar-refractivity contribution in [1.29, 1.82) is 0 Å². The molecule has 1 heteroatoms. The molecule has 0 aromatic carbocycles. The summed E-state index contributed by atoms with van der Waals surface area (Å²) in [7, 11) is 0. The van der Waals surface area contributed by atoms with Gasteiger partial charge in [0.05, 0.1) is 6.10 Å². The third-order valence-corrected chi connectivity index (χ3v) is 11.2. The fourth-order valence-electron chi connectivity index (χ4n) is 8.88. The van der Waals surface area contributed by atoms with Crippen LogP contribution in [-0.4, -0.2) is 11.2 Å². The Labute approximate surface area is 186 Å². The first-order valence-corrected chi connectivity index (χ1v) is 13.1. The van der Waals surface area contributed by atoms with Crippen LogP contribution in [0.5, 0.6) is 0 Å². The highest BCUT2D eigenvalue weighted by Crippen LogP contribution is 2.67. The molecule has 0 radical (unpaired) electrons. The second kappa shape index (κ2) is 8.09. The van der Waals surface area contributed by atoms with Gasteiger partial charge in [-0.3, -0.25) is 0 Å². The van der Waals surface area contributed by atoms with E-state index in [2.05, 4.69) is 54.2 Å². The molecule has 0 aliphatic heterocycles. The van der Waals surface area contributed by atoms with Crippen LogP contribution >= 0.6 is 0 Å². The number of fused-ring (bicyclic) bond motifs is 5. The van der Waals surface area contributed by atoms with Crippen molar-refractivity contribution in [3.8, 4) is 0 Å². The molecule has 10 atom stereocenters. The van der Waals surface area contributed by atoms with Gasteiger partial charge in [-0.15, -0.1) is 0 Å². The fourth-order valence-corrected chi connectivity index (χ4v) is 8.88. The van der Waals surface area contributed by atoms with Crippen molar-refractivity contribution in [2.75, 3.05) is 0 Å². The van der Waals surface area contributed by atoms with Crippen molar-refractivity contribution < 1.29 is 5.11 Å². The number of rotatable bonds is 5. The quantitative estimate of drug-likeness (QED) is 0.457. The molecule has 0 heterocycles. The second-order valence-corrected chi connectivity index (χ2v) is 12.7. The molecule has 0 spiro atoms. The molecule has 4 aliphatic rings. The highest BCUT2D eigenvalue weighted by Gasteiger charge is 2.59. The molecule has 170 valence electrons. The van der Waals surface area contributed by atoms with Crippen LogP contribution in [0.25, 0.3) is 0 Å². The van der Waals surface area contributed by atoms with Crippen molar-refractivity contribution in [1.82, 2.24) is 0 Å². The van der Waals surface area contributed by atoms with Crippen molar-refractivity contribution in [3.63, 3.8) is 0 Å². The van der Waals surface area contributed by atoms with Crippen LogP contribution in [0.2, 0.25) is 0 Å². The van der Waals surface area contributed by atoms with Gasteiger partial charge >= 0.3 is 0 Å². The minimum atomic E-state index is -0.0785. The Kier molecular flexibility index (Phi) is 6.10. The Bertz CT molecular complexity index is 690. The molecule has 10 unspecified atom stereocenters. The smallest absolute Gasteiger partial charge is 0.0568 e. The van der Waals surface area contributed by atoms with E-state index in [1.54, 1.807) is 0 Å². The molecule has 0 amide bonds. The lowest BCUT2D eigenvalue weighted by Gasteiger charge is -2.59. The lowest BCUT2D eigenvalue weighted by Crippen LogP contribution is -2.52. The summed E-state index contributed by atoms with van der Waals surface area (Å²) in [6, 6.07) is 0. The zero-order chi connectivity index (χ0) is 21.8. The molecule has 0 aromatic heterocycles. The van der Waals surface area contributed by atoms with Gasteiger partial charge in [-0.1, -0.05) is 58.4 Å². The van der Waals surface area contributed by atoms with Crippen molar-refractivity contribution in [2.45, 2.75) is 105 Å². The standard InChI is InChI=1S/C29H48O/c1-18(2)19(3)8-9-20(4)23-12-13-25-22-10-11-24-21(5)27(30)15-17-29(24,7)26(22)14-16-28(23,25)6/h10,19-21,23-27,30H,1,8-9,11-17H2,2-7H3. The molecule has 1 nitrogen and oxygen atoms in total. The zero-order valence-electron chi connectivity index (χ0n) is 20.7. The van der Waals surface area contributed by atoms with E-state index in [4.69, 9.17) is 0 Å². The SMILES string of the molecule is C=C(C)C(C)CCC(C)C1CCC2C3=CCC4C(C)C(O)CCC4(C)C3CCC21C. The largest absolute Gasteiger partial charge is 0.393 e. The number of aliphatic hydroxyl groups excluding tert-OH is 1. The average molecular weight is 413 g/mol.